The SMILES string of the molecule is CC[C@@H](C(=O)NC(C)(C)C)N(Cc1ccccc1C)C(=O)CN(c1cccc2ccccc12)S(C)(=O)=O. The number of aryl methyl sites for hydroxylation is 1. The van der Waals surface area contributed by atoms with Crippen LogP contribution in [-0.2, 0) is 26.2 Å². The molecule has 2 amide bonds. The fourth-order valence-electron chi connectivity index (χ4n) is 4.36. The molecule has 0 radical (unpaired) electrons. The summed E-state index contributed by atoms with van der Waals surface area (Å²) in [6.45, 7) is 9.23. The van der Waals surface area contributed by atoms with Crippen LogP contribution in [0.2, 0.25) is 0 Å². The van der Waals surface area contributed by atoms with E-state index in [0.717, 1.165) is 32.5 Å². The number of rotatable bonds is 9. The van der Waals surface area contributed by atoms with Crippen LogP contribution in [0.4, 0.5) is 5.69 Å². The van der Waals surface area contributed by atoms with Crippen molar-refractivity contribution < 1.29 is 18.0 Å². The van der Waals surface area contributed by atoms with Crippen LogP contribution in [0.25, 0.3) is 10.8 Å². The van der Waals surface area contributed by atoms with Crippen LogP contribution in [0.15, 0.2) is 66.7 Å². The van der Waals surface area contributed by atoms with Crippen LogP contribution in [0, 0.1) is 6.92 Å². The molecular formula is C29H37N3O4S. The number of amides is 2. The predicted octanol–water partition coefficient (Wildman–Crippen LogP) is 4.64. The van der Waals surface area contributed by atoms with Crippen molar-refractivity contribution in [1.82, 2.24) is 10.2 Å². The number of nitrogens with one attached hydrogen (secondary N) is 1. The van der Waals surface area contributed by atoms with Gasteiger partial charge in [0.25, 0.3) is 0 Å². The number of carbonyl (C=O) groups excluding carboxylic acids is 2. The molecule has 0 aliphatic carbocycles. The van der Waals surface area contributed by atoms with Crippen molar-refractivity contribution in [2.24, 2.45) is 0 Å². The van der Waals surface area contributed by atoms with E-state index in [-0.39, 0.29) is 12.5 Å². The molecule has 1 atom stereocenters. The van der Waals surface area contributed by atoms with E-state index < -0.39 is 34.1 Å². The smallest absolute Gasteiger partial charge is 0.244 e. The van der Waals surface area contributed by atoms with Crippen LogP contribution in [0.5, 0.6) is 0 Å². The first-order valence-corrected chi connectivity index (χ1v) is 14.3. The van der Waals surface area contributed by atoms with E-state index in [0.29, 0.717) is 12.1 Å². The zero-order valence-electron chi connectivity index (χ0n) is 22.5. The summed E-state index contributed by atoms with van der Waals surface area (Å²) in [5, 5.41) is 4.58. The van der Waals surface area contributed by atoms with Gasteiger partial charge in [0.2, 0.25) is 21.8 Å². The molecule has 0 unspecified atom stereocenters. The zero-order valence-corrected chi connectivity index (χ0v) is 23.3. The van der Waals surface area contributed by atoms with E-state index in [1.54, 1.807) is 12.1 Å². The Bertz CT molecular complexity index is 1370. The lowest BCUT2D eigenvalue weighted by Crippen LogP contribution is -2.55. The molecule has 3 aromatic rings. The Hall–Kier alpha value is -3.39. The summed E-state index contributed by atoms with van der Waals surface area (Å²) >= 11 is 0. The van der Waals surface area contributed by atoms with Crippen molar-refractivity contribution in [3.8, 4) is 0 Å². The maximum absolute atomic E-state index is 13.9. The molecule has 8 heteroatoms. The molecule has 7 nitrogen and oxygen atoms in total. The molecule has 0 fully saturated rings. The van der Waals surface area contributed by atoms with Crippen molar-refractivity contribution in [3.05, 3.63) is 77.9 Å². The summed E-state index contributed by atoms with van der Waals surface area (Å²) in [6.07, 6.45) is 1.48. The Balaban J connectivity index is 2.05. The lowest BCUT2D eigenvalue weighted by atomic mass is 10.0. The van der Waals surface area contributed by atoms with Crippen molar-refractivity contribution in [2.75, 3.05) is 17.1 Å². The first-order valence-electron chi connectivity index (χ1n) is 12.4. The van der Waals surface area contributed by atoms with Gasteiger partial charge >= 0.3 is 0 Å². The molecule has 0 bridgehead atoms. The van der Waals surface area contributed by atoms with Gasteiger partial charge in [-0.25, -0.2) is 8.42 Å². The third-order valence-electron chi connectivity index (χ3n) is 6.20. The van der Waals surface area contributed by atoms with E-state index in [9.17, 15) is 18.0 Å². The quantitative estimate of drug-likeness (QED) is 0.443. The molecule has 198 valence electrons. The molecule has 0 heterocycles. The monoisotopic (exact) mass is 523 g/mol. The molecule has 0 saturated heterocycles. The summed E-state index contributed by atoms with van der Waals surface area (Å²) in [5.74, 6) is -0.717. The molecule has 3 rings (SSSR count). The minimum atomic E-state index is -3.82. The van der Waals surface area contributed by atoms with Gasteiger partial charge in [-0.3, -0.25) is 13.9 Å². The standard InChI is InChI=1S/C29H37N3O4S/c1-7-25(28(34)30-29(3,4)5)31(19-23-15-9-8-13-21(23)2)27(33)20-32(37(6,35)36)26-18-12-16-22-14-10-11-17-24(22)26/h8-18,25H,7,19-20H2,1-6H3,(H,30,34)/t25-/m0/s1. The predicted molar refractivity (Wildman–Crippen MR) is 150 cm³/mol. The molecular weight excluding hydrogens is 486 g/mol. The largest absolute Gasteiger partial charge is 0.350 e. The highest BCUT2D eigenvalue weighted by molar-refractivity contribution is 7.92. The van der Waals surface area contributed by atoms with Gasteiger partial charge in [0.15, 0.2) is 0 Å². The fourth-order valence-corrected chi connectivity index (χ4v) is 5.23. The second-order valence-corrected chi connectivity index (χ2v) is 12.3. The summed E-state index contributed by atoms with van der Waals surface area (Å²) in [6, 6.07) is 19.7. The number of fused-ring (bicyclic) bond motifs is 1. The van der Waals surface area contributed by atoms with Gasteiger partial charge in [0.1, 0.15) is 12.6 Å². The van der Waals surface area contributed by atoms with E-state index >= 15 is 0 Å². The van der Waals surface area contributed by atoms with E-state index in [1.165, 1.54) is 4.90 Å². The minimum Gasteiger partial charge on any atom is -0.350 e. The van der Waals surface area contributed by atoms with Gasteiger partial charge in [-0.05, 0) is 56.7 Å². The third kappa shape index (κ3) is 7.10. The lowest BCUT2D eigenvalue weighted by Gasteiger charge is -2.35. The average Bonchev–Trinajstić information content (AvgIpc) is 2.81. The second kappa shape index (κ2) is 11.3. The maximum atomic E-state index is 13.9. The van der Waals surface area contributed by atoms with E-state index in [1.807, 2.05) is 89.2 Å². The summed E-state index contributed by atoms with van der Waals surface area (Å²) in [5.41, 5.74) is 1.83. The topological polar surface area (TPSA) is 86.8 Å². The first kappa shape index (κ1) is 28.2. The van der Waals surface area contributed by atoms with Crippen LogP contribution >= 0.6 is 0 Å². The average molecular weight is 524 g/mol. The van der Waals surface area contributed by atoms with Gasteiger partial charge in [0.05, 0.1) is 11.9 Å². The fraction of sp³-hybridized carbons (Fsp3) is 0.379. The Labute approximate surface area is 220 Å². The number of anilines is 1. The van der Waals surface area contributed by atoms with Gasteiger partial charge in [-0.15, -0.1) is 0 Å². The molecule has 1 N–H and O–H groups in total. The maximum Gasteiger partial charge on any atom is 0.244 e. The number of hydrogen-bond donors (Lipinski definition) is 1. The highest BCUT2D eigenvalue weighted by Crippen LogP contribution is 2.29. The highest BCUT2D eigenvalue weighted by Gasteiger charge is 2.33. The zero-order chi connectivity index (χ0) is 27.4. The number of nitrogens with zero attached hydrogens (tertiary/aromatic N) is 2. The molecule has 0 aromatic heterocycles. The van der Waals surface area contributed by atoms with Crippen LogP contribution < -0.4 is 9.62 Å². The van der Waals surface area contributed by atoms with Gasteiger partial charge in [0, 0.05) is 17.5 Å². The Morgan fingerprint density at radius 3 is 2.19 bits per heavy atom. The van der Waals surface area contributed by atoms with Crippen molar-refractivity contribution in [2.45, 2.75) is 59.2 Å². The molecule has 37 heavy (non-hydrogen) atoms. The Kier molecular flexibility index (Phi) is 8.64. The highest BCUT2D eigenvalue weighted by atomic mass is 32.2. The van der Waals surface area contributed by atoms with Crippen molar-refractivity contribution in [3.63, 3.8) is 0 Å². The minimum absolute atomic E-state index is 0.189. The van der Waals surface area contributed by atoms with E-state index in [4.69, 9.17) is 0 Å². The molecule has 0 spiro atoms. The molecule has 0 aliphatic heterocycles. The number of hydrogen-bond acceptors (Lipinski definition) is 4. The Morgan fingerprint density at radius 2 is 1.57 bits per heavy atom. The molecule has 0 aliphatic rings. The number of sulfonamides is 1. The lowest BCUT2D eigenvalue weighted by molar-refractivity contribution is -0.141. The second-order valence-electron chi connectivity index (χ2n) is 10.4. The molecule has 3 aromatic carbocycles. The van der Waals surface area contributed by atoms with Crippen molar-refractivity contribution >= 4 is 38.3 Å². The van der Waals surface area contributed by atoms with Crippen LogP contribution in [0.1, 0.15) is 45.2 Å². The van der Waals surface area contributed by atoms with Gasteiger partial charge in [-0.1, -0.05) is 67.6 Å². The van der Waals surface area contributed by atoms with Gasteiger partial charge < -0.3 is 10.2 Å². The van der Waals surface area contributed by atoms with Gasteiger partial charge in [-0.2, -0.15) is 0 Å². The third-order valence-corrected chi connectivity index (χ3v) is 7.33. The number of carbonyl (C=O) groups is 2. The normalized spacial score (nSPS) is 12.7. The summed E-state index contributed by atoms with van der Waals surface area (Å²) < 4.78 is 27.1. The summed E-state index contributed by atoms with van der Waals surface area (Å²) in [7, 11) is -3.82. The van der Waals surface area contributed by atoms with Crippen LogP contribution in [-0.4, -0.2) is 49.5 Å². The first-order chi connectivity index (χ1) is 17.3. The van der Waals surface area contributed by atoms with Crippen molar-refractivity contribution in [1.29, 1.82) is 0 Å². The molecule has 0 saturated carbocycles. The number of benzene rings is 3. The summed E-state index contributed by atoms with van der Waals surface area (Å²) in [4.78, 5) is 28.7. The Morgan fingerprint density at radius 1 is 0.946 bits per heavy atom. The van der Waals surface area contributed by atoms with E-state index in [2.05, 4.69) is 5.32 Å². The van der Waals surface area contributed by atoms with Crippen LogP contribution in [0.3, 0.4) is 0 Å².